The second kappa shape index (κ2) is 12.1. The Kier molecular flexibility index (Phi) is 7.89. The van der Waals surface area contributed by atoms with Gasteiger partial charge in [0.1, 0.15) is 17.9 Å². The number of amides is 1. The predicted octanol–water partition coefficient (Wildman–Crippen LogP) is 5.92. The largest absolute Gasteiger partial charge is 0.478 e. The molecule has 0 spiro atoms. The minimum atomic E-state index is -1.08. The minimum absolute atomic E-state index is 0.0120. The maximum Gasteiger partial charge on any atom is 0.335 e. The summed E-state index contributed by atoms with van der Waals surface area (Å²) < 4.78 is 15.8. The molecule has 1 aliphatic heterocycles. The Labute approximate surface area is 261 Å². The number of hydrogen-bond donors (Lipinski definition) is 1. The summed E-state index contributed by atoms with van der Waals surface area (Å²) in [6.45, 7) is 7.37. The third kappa shape index (κ3) is 5.67. The third-order valence-corrected chi connectivity index (χ3v) is 7.92. The molecule has 3 aromatic carbocycles. The van der Waals surface area contributed by atoms with Crippen molar-refractivity contribution in [3.63, 3.8) is 0 Å². The lowest BCUT2D eigenvalue weighted by molar-refractivity contribution is -0.123. The molecule has 2 aromatic heterocycles. The molecular formula is C33H22ClFN6O4. The standard InChI is InChI=1S/C33H22ClFN6O4/c1-36-29-13-12-21(17-37-29)22-4-2-5-24-23(22)14-15-40(31(24)28(42)16-19-8-10-20(11-9-19)33(44)45)32(43)26-18-41(39-38-26)27-7-3-6-25(34)30(27)35/h2-13,17-18,31H,14-16H2,(H,44,45). The maximum atomic E-state index is 14.7. The van der Waals surface area contributed by atoms with Gasteiger partial charge in [-0.1, -0.05) is 65.9 Å². The van der Waals surface area contributed by atoms with Crippen LogP contribution in [0, 0.1) is 12.4 Å². The van der Waals surface area contributed by atoms with E-state index in [1.807, 2.05) is 6.07 Å². The number of carbonyl (C=O) groups is 3. The highest BCUT2D eigenvalue weighted by Crippen LogP contribution is 2.38. The van der Waals surface area contributed by atoms with Gasteiger partial charge in [0.15, 0.2) is 17.3 Å². The highest BCUT2D eigenvalue weighted by molar-refractivity contribution is 6.30. The second-order valence-corrected chi connectivity index (χ2v) is 10.7. The lowest BCUT2D eigenvalue weighted by Gasteiger charge is -2.37. The van der Waals surface area contributed by atoms with E-state index in [4.69, 9.17) is 18.2 Å². The molecule has 1 N–H and O–H groups in total. The molecule has 0 saturated heterocycles. The van der Waals surface area contributed by atoms with E-state index in [1.165, 1.54) is 35.4 Å². The van der Waals surface area contributed by atoms with Gasteiger partial charge in [0.25, 0.3) is 11.7 Å². The summed E-state index contributed by atoms with van der Waals surface area (Å²) >= 11 is 5.92. The van der Waals surface area contributed by atoms with Gasteiger partial charge in [0.2, 0.25) is 0 Å². The first-order valence-electron chi connectivity index (χ1n) is 13.7. The van der Waals surface area contributed by atoms with Crippen molar-refractivity contribution >= 4 is 35.1 Å². The normalized spacial score (nSPS) is 14.0. The fraction of sp³-hybridized carbons (Fsp3) is 0.121. The third-order valence-electron chi connectivity index (χ3n) is 7.63. The summed E-state index contributed by atoms with van der Waals surface area (Å²) in [4.78, 5) is 48.3. The fourth-order valence-corrected chi connectivity index (χ4v) is 5.65. The molecule has 1 amide bonds. The lowest BCUT2D eigenvalue weighted by atomic mass is 9.84. The number of pyridine rings is 1. The molecule has 0 radical (unpaired) electrons. The van der Waals surface area contributed by atoms with Crippen LogP contribution in [0.25, 0.3) is 21.7 Å². The average Bonchev–Trinajstić information content (AvgIpc) is 3.55. The molecule has 1 atom stereocenters. The van der Waals surface area contributed by atoms with E-state index >= 15 is 0 Å². The molecular weight excluding hydrogens is 599 g/mol. The molecule has 1 aliphatic rings. The van der Waals surface area contributed by atoms with Gasteiger partial charge in [-0.05, 0) is 59.0 Å². The SMILES string of the molecule is [C-]#[N+]c1ccc(-c2cccc3c2CCN(C(=O)c2cn(-c4cccc(Cl)c4F)nn2)C3C(=O)Cc2ccc(C(=O)O)cc2)cn1. The molecule has 5 aromatic rings. The van der Waals surface area contributed by atoms with Crippen molar-refractivity contribution < 1.29 is 23.9 Å². The van der Waals surface area contributed by atoms with E-state index in [-0.39, 0.29) is 46.5 Å². The number of rotatable bonds is 7. The van der Waals surface area contributed by atoms with Gasteiger partial charge in [-0.3, -0.25) is 9.59 Å². The predicted molar refractivity (Wildman–Crippen MR) is 162 cm³/mol. The van der Waals surface area contributed by atoms with Crippen molar-refractivity contribution in [1.29, 1.82) is 0 Å². The Balaban J connectivity index is 1.39. The van der Waals surface area contributed by atoms with Gasteiger partial charge in [-0.15, -0.1) is 10.1 Å². The van der Waals surface area contributed by atoms with Crippen molar-refractivity contribution in [2.45, 2.75) is 18.9 Å². The fourth-order valence-electron chi connectivity index (χ4n) is 5.48. The van der Waals surface area contributed by atoms with Crippen LogP contribution in [-0.4, -0.2) is 54.2 Å². The quantitative estimate of drug-likeness (QED) is 0.224. The topological polar surface area (TPSA) is 123 Å². The number of benzene rings is 3. The second-order valence-electron chi connectivity index (χ2n) is 10.3. The van der Waals surface area contributed by atoms with Crippen LogP contribution in [-0.2, 0) is 17.6 Å². The summed E-state index contributed by atoms with van der Waals surface area (Å²) in [7, 11) is 0. The van der Waals surface area contributed by atoms with Crippen molar-refractivity contribution in [3.05, 3.63) is 135 Å². The van der Waals surface area contributed by atoms with Crippen LogP contribution < -0.4 is 0 Å². The first kappa shape index (κ1) is 29.3. The van der Waals surface area contributed by atoms with E-state index in [0.29, 0.717) is 17.5 Å². The summed E-state index contributed by atoms with van der Waals surface area (Å²) in [5.74, 6) is -2.40. The van der Waals surface area contributed by atoms with Gasteiger partial charge in [-0.2, -0.15) is 0 Å². The monoisotopic (exact) mass is 620 g/mol. The first-order valence-corrected chi connectivity index (χ1v) is 14.1. The van der Waals surface area contributed by atoms with Crippen molar-refractivity contribution in [1.82, 2.24) is 24.9 Å². The molecule has 0 bridgehead atoms. The van der Waals surface area contributed by atoms with Crippen LogP contribution >= 0.6 is 11.6 Å². The number of hydrogen-bond acceptors (Lipinski definition) is 6. The first-order chi connectivity index (χ1) is 21.7. The average molecular weight is 621 g/mol. The molecule has 1 unspecified atom stereocenters. The Bertz CT molecular complexity index is 2000. The van der Waals surface area contributed by atoms with Crippen LogP contribution in [0.5, 0.6) is 0 Å². The molecule has 0 aliphatic carbocycles. The summed E-state index contributed by atoms with van der Waals surface area (Å²) in [6.07, 6.45) is 3.24. The van der Waals surface area contributed by atoms with Crippen LogP contribution in [0.4, 0.5) is 10.2 Å². The van der Waals surface area contributed by atoms with Crippen LogP contribution in [0.3, 0.4) is 0 Å². The zero-order valence-electron chi connectivity index (χ0n) is 23.4. The molecule has 3 heterocycles. The van der Waals surface area contributed by atoms with E-state index in [0.717, 1.165) is 21.4 Å². The van der Waals surface area contributed by atoms with Gasteiger partial charge in [0.05, 0.1) is 16.8 Å². The van der Waals surface area contributed by atoms with Gasteiger partial charge in [-0.25, -0.2) is 13.9 Å². The number of carbonyl (C=O) groups excluding carboxylic acids is 2. The minimum Gasteiger partial charge on any atom is -0.478 e. The van der Waals surface area contributed by atoms with Crippen molar-refractivity contribution in [2.24, 2.45) is 0 Å². The highest BCUT2D eigenvalue weighted by Gasteiger charge is 2.38. The lowest BCUT2D eigenvalue weighted by Crippen LogP contribution is -2.44. The Hall–Kier alpha value is -5.73. The number of halogens is 2. The van der Waals surface area contributed by atoms with Gasteiger partial charge >= 0.3 is 5.97 Å². The van der Waals surface area contributed by atoms with E-state index in [9.17, 15) is 23.9 Å². The Morgan fingerprint density at radius 2 is 1.82 bits per heavy atom. The van der Waals surface area contributed by atoms with E-state index < -0.39 is 23.7 Å². The molecule has 12 heteroatoms. The number of ketones is 1. The van der Waals surface area contributed by atoms with Crippen LogP contribution in [0.15, 0.2) is 85.2 Å². The zero-order valence-corrected chi connectivity index (χ0v) is 24.1. The molecule has 6 rings (SSSR count). The summed E-state index contributed by atoms with van der Waals surface area (Å²) in [6, 6.07) is 18.3. The Morgan fingerprint density at radius 3 is 2.53 bits per heavy atom. The van der Waals surface area contributed by atoms with Crippen LogP contribution in [0.2, 0.25) is 5.02 Å². The number of aromatic carboxylic acids is 1. The van der Waals surface area contributed by atoms with Gasteiger partial charge in [0, 0.05) is 18.5 Å². The van der Waals surface area contributed by atoms with Gasteiger partial charge < -0.3 is 14.9 Å². The number of Topliss-reactive ketones (excluding diaryl/α,β-unsaturated/α-hetero) is 1. The summed E-state index contributed by atoms with van der Waals surface area (Å²) in [5, 5.41) is 17.1. The number of carboxylic acid groups (broad SMARTS) is 1. The molecule has 222 valence electrons. The molecule has 45 heavy (non-hydrogen) atoms. The molecule has 0 saturated carbocycles. The van der Waals surface area contributed by atoms with E-state index in [2.05, 4.69) is 20.1 Å². The number of nitrogens with zero attached hydrogens (tertiary/aromatic N) is 6. The summed E-state index contributed by atoms with van der Waals surface area (Å²) in [5.41, 5.74) is 3.68. The number of fused-ring (bicyclic) bond motifs is 1. The number of carboxylic acids is 1. The van der Waals surface area contributed by atoms with Crippen molar-refractivity contribution in [3.8, 4) is 16.8 Å². The maximum absolute atomic E-state index is 14.7. The van der Waals surface area contributed by atoms with E-state index in [1.54, 1.807) is 48.7 Å². The smallest absolute Gasteiger partial charge is 0.335 e. The molecule has 0 fully saturated rings. The number of aromatic nitrogens is 4. The zero-order chi connectivity index (χ0) is 31.7. The van der Waals surface area contributed by atoms with Crippen molar-refractivity contribution in [2.75, 3.05) is 6.54 Å². The highest BCUT2D eigenvalue weighted by atomic mass is 35.5. The molecule has 10 nitrogen and oxygen atoms in total. The Morgan fingerprint density at radius 1 is 1.04 bits per heavy atom. The van der Waals surface area contributed by atoms with Crippen LogP contribution in [0.1, 0.15) is 43.6 Å².